The fourth-order valence-corrected chi connectivity index (χ4v) is 1.93. The average molecular weight is 320 g/mol. The summed E-state index contributed by atoms with van der Waals surface area (Å²) in [5, 5.41) is 0.587. The smallest absolute Gasteiger partial charge is 0.343 e. The highest BCUT2D eigenvalue weighted by atomic mass is 35.5. The number of ether oxygens (including phenoxy) is 1. The number of benzene rings is 2. The molecule has 0 aromatic heterocycles. The van der Waals surface area contributed by atoms with Gasteiger partial charge in [0, 0.05) is 6.07 Å². The van der Waals surface area contributed by atoms with Crippen LogP contribution in [0.3, 0.4) is 0 Å². The Morgan fingerprint density at radius 1 is 1.00 bits per heavy atom. The monoisotopic (exact) mass is 318 g/mol. The molecule has 98 valence electrons. The summed E-state index contributed by atoms with van der Waals surface area (Å²) in [4.78, 5) is 11.8. The predicted molar refractivity (Wildman–Crippen MR) is 72.8 cm³/mol. The summed E-state index contributed by atoms with van der Waals surface area (Å²) in [5.74, 6) is -1.21. The van der Waals surface area contributed by atoms with E-state index in [4.69, 9.17) is 39.5 Å². The third kappa shape index (κ3) is 3.38. The summed E-state index contributed by atoms with van der Waals surface area (Å²) < 4.78 is 18.0. The van der Waals surface area contributed by atoms with Crippen molar-refractivity contribution in [1.82, 2.24) is 0 Å². The molecule has 0 atom stereocenters. The van der Waals surface area contributed by atoms with E-state index in [2.05, 4.69) is 0 Å². The van der Waals surface area contributed by atoms with Crippen LogP contribution in [0, 0.1) is 5.82 Å². The summed E-state index contributed by atoms with van der Waals surface area (Å²) in [6.07, 6.45) is 0. The first-order chi connectivity index (χ1) is 8.97. The molecule has 0 aliphatic carbocycles. The Balaban J connectivity index is 2.27. The van der Waals surface area contributed by atoms with Gasteiger partial charge in [-0.15, -0.1) is 0 Å². The molecule has 6 heteroatoms. The van der Waals surface area contributed by atoms with Gasteiger partial charge < -0.3 is 4.74 Å². The van der Waals surface area contributed by atoms with Gasteiger partial charge in [-0.05, 0) is 24.3 Å². The molecule has 0 bridgehead atoms. The first-order valence-electron chi connectivity index (χ1n) is 5.09. The maximum atomic E-state index is 13.0. The van der Waals surface area contributed by atoms with E-state index in [0.29, 0.717) is 0 Å². The van der Waals surface area contributed by atoms with Crippen LogP contribution in [-0.2, 0) is 0 Å². The summed E-state index contributed by atoms with van der Waals surface area (Å²) in [6.45, 7) is 0. The van der Waals surface area contributed by atoms with E-state index in [0.717, 1.165) is 6.07 Å². The van der Waals surface area contributed by atoms with Crippen LogP contribution in [0.1, 0.15) is 10.4 Å². The number of hydrogen-bond donors (Lipinski definition) is 0. The second kappa shape index (κ2) is 5.78. The second-order valence-electron chi connectivity index (χ2n) is 3.60. The van der Waals surface area contributed by atoms with E-state index in [9.17, 15) is 9.18 Å². The van der Waals surface area contributed by atoms with Crippen LogP contribution < -0.4 is 4.74 Å². The van der Waals surface area contributed by atoms with E-state index in [-0.39, 0.29) is 26.4 Å². The fourth-order valence-electron chi connectivity index (χ4n) is 1.36. The number of rotatable bonds is 2. The highest BCUT2D eigenvalue weighted by Crippen LogP contribution is 2.34. The highest BCUT2D eigenvalue weighted by molar-refractivity contribution is 6.43. The Kier molecular flexibility index (Phi) is 4.30. The predicted octanol–water partition coefficient (Wildman–Crippen LogP) is 5.01. The molecule has 0 heterocycles. The molecule has 0 aliphatic rings. The molecule has 0 radical (unpaired) electrons. The minimum Gasteiger partial charge on any atom is -0.421 e. The second-order valence-corrected chi connectivity index (χ2v) is 4.82. The SMILES string of the molecule is O=C(Oc1cc(Cl)c(Cl)cc1Cl)c1cccc(F)c1. The van der Waals surface area contributed by atoms with Crippen molar-refractivity contribution in [3.8, 4) is 5.75 Å². The fraction of sp³-hybridized carbons (Fsp3) is 0. The number of hydrogen-bond acceptors (Lipinski definition) is 2. The van der Waals surface area contributed by atoms with Crippen LogP contribution in [0.5, 0.6) is 5.75 Å². The minimum absolute atomic E-state index is 0.0605. The maximum absolute atomic E-state index is 13.0. The Morgan fingerprint density at radius 3 is 2.37 bits per heavy atom. The number of carbonyl (C=O) groups is 1. The Labute approximate surface area is 123 Å². The largest absolute Gasteiger partial charge is 0.421 e. The summed E-state index contributed by atoms with van der Waals surface area (Å²) >= 11 is 17.4. The molecule has 0 spiro atoms. The Bertz CT molecular complexity index is 644. The van der Waals surface area contributed by atoms with Crippen LogP contribution in [0.15, 0.2) is 36.4 Å². The van der Waals surface area contributed by atoms with Crippen LogP contribution in [0.25, 0.3) is 0 Å². The molecule has 2 nitrogen and oxygen atoms in total. The van der Waals surface area contributed by atoms with Crippen molar-refractivity contribution in [2.24, 2.45) is 0 Å². The third-order valence-corrected chi connectivity index (χ3v) is 3.26. The van der Waals surface area contributed by atoms with E-state index < -0.39 is 11.8 Å². The van der Waals surface area contributed by atoms with E-state index in [1.807, 2.05) is 0 Å². The zero-order valence-electron chi connectivity index (χ0n) is 9.29. The summed E-state index contributed by atoms with van der Waals surface area (Å²) in [5.41, 5.74) is 0.0714. The van der Waals surface area contributed by atoms with Crippen LogP contribution in [-0.4, -0.2) is 5.97 Å². The van der Waals surface area contributed by atoms with E-state index in [1.165, 1.54) is 30.3 Å². The summed E-state index contributed by atoms with van der Waals surface area (Å²) in [7, 11) is 0. The van der Waals surface area contributed by atoms with Crippen molar-refractivity contribution < 1.29 is 13.9 Å². The lowest BCUT2D eigenvalue weighted by molar-refractivity contribution is 0.0734. The van der Waals surface area contributed by atoms with Gasteiger partial charge in [0.2, 0.25) is 0 Å². The molecule has 0 unspecified atom stereocenters. The van der Waals surface area contributed by atoms with Gasteiger partial charge in [-0.1, -0.05) is 40.9 Å². The molecule has 2 rings (SSSR count). The normalized spacial score (nSPS) is 10.3. The van der Waals surface area contributed by atoms with Gasteiger partial charge in [-0.2, -0.15) is 0 Å². The highest BCUT2D eigenvalue weighted by Gasteiger charge is 2.13. The van der Waals surface area contributed by atoms with Gasteiger partial charge in [0.25, 0.3) is 0 Å². The van der Waals surface area contributed by atoms with Gasteiger partial charge in [-0.3, -0.25) is 0 Å². The summed E-state index contributed by atoms with van der Waals surface area (Å²) in [6, 6.07) is 7.80. The molecule has 2 aromatic carbocycles. The van der Waals surface area contributed by atoms with Gasteiger partial charge in [0.15, 0.2) is 5.75 Å². The lowest BCUT2D eigenvalue weighted by atomic mass is 10.2. The van der Waals surface area contributed by atoms with Gasteiger partial charge in [-0.25, -0.2) is 9.18 Å². The Hall–Kier alpha value is -1.29. The number of carbonyl (C=O) groups excluding carboxylic acids is 1. The Morgan fingerprint density at radius 2 is 1.68 bits per heavy atom. The van der Waals surface area contributed by atoms with Crippen molar-refractivity contribution in [3.63, 3.8) is 0 Å². The lowest BCUT2D eigenvalue weighted by Crippen LogP contribution is -2.09. The zero-order valence-corrected chi connectivity index (χ0v) is 11.6. The lowest BCUT2D eigenvalue weighted by Gasteiger charge is -2.07. The number of esters is 1. The third-order valence-electron chi connectivity index (χ3n) is 2.24. The standard InChI is InChI=1S/C13H6Cl3FO2/c14-9-5-11(16)12(6-10(9)15)19-13(18)7-2-1-3-8(17)4-7/h1-6H. The molecular formula is C13H6Cl3FO2. The molecule has 2 aromatic rings. The molecule has 0 saturated heterocycles. The molecule has 0 amide bonds. The first kappa shape index (κ1) is 14.1. The van der Waals surface area contributed by atoms with Crippen molar-refractivity contribution >= 4 is 40.8 Å². The molecule has 0 aliphatic heterocycles. The quantitative estimate of drug-likeness (QED) is 0.442. The minimum atomic E-state index is -0.736. The molecule has 0 saturated carbocycles. The van der Waals surface area contributed by atoms with Crippen molar-refractivity contribution in [2.75, 3.05) is 0 Å². The van der Waals surface area contributed by atoms with E-state index >= 15 is 0 Å². The van der Waals surface area contributed by atoms with Crippen molar-refractivity contribution in [2.45, 2.75) is 0 Å². The molecule has 19 heavy (non-hydrogen) atoms. The maximum Gasteiger partial charge on any atom is 0.343 e. The molecule has 0 N–H and O–H groups in total. The molecular weight excluding hydrogens is 313 g/mol. The van der Waals surface area contributed by atoms with Crippen LogP contribution in [0.4, 0.5) is 4.39 Å². The topological polar surface area (TPSA) is 26.3 Å². The van der Waals surface area contributed by atoms with Gasteiger partial charge >= 0.3 is 5.97 Å². The van der Waals surface area contributed by atoms with Crippen LogP contribution >= 0.6 is 34.8 Å². The van der Waals surface area contributed by atoms with Gasteiger partial charge in [0.05, 0.1) is 20.6 Å². The zero-order chi connectivity index (χ0) is 14.0. The first-order valence-corrected chi connectivity index (χ1v) is 6.23. The molecule has 0 fully saturated rings. The average Bonchev–Trinajstić information content (AvgIpc) is 2.36. The van der Waals surface area contributed by atoms with Crippen molar-refractivity contribution in [1.29, 1.82) is 0 Å². The number of halogens is 4. The van der Waals surface area contributed by atoms with Gasteiger partial charge in [0.1, 0.15) is 5.82 Å². The van der Waals surface area contributed by atoms with E-state index in [1.54, 1.807) is 0 Å². The van der Waals surface area contributed by atoms with Crippen LogP contribution in [0.2, 0.25) is 15.1 Å². The van der Waals surface area contributed by atoms with Crippen molar-refractivity contribution in [3.05, 3.63) is 62.8 Å².